The smallest absolute Gasteiger partial charge is 0.233 e. The summed E-state index contributed by atoms with van der Waals surface area (Å²) in [5.41, 5.74) is 0. The zero-order chi connectivity index (χ0) is 18.9. The molecule has 4 rings (SSSR count). The van der Waals surface area contributed by atoms with Crippen LogP contribution in [0.4, 0.5) is 0 Å². The number of carbonyl (C=O) groups excluding carboxylic acids is 1. The molecule has 1 saturated carbocycles. The summed E-state index contributed by atoms with van der Waals surface area (Å²) in [4.78, 5) is 15.9. The molecule has 0 aromatic heterocycles. The molecule has 3 aliphatic rings. The average molecular weight is 412 g/mol. The van der Waals surface area contributed by atoms with Gasteiger partial charge in [0.15, 0.2) is 21.3 Å². The van der Waals surface area contributed by atoms with Crippen LogP contribution in [0.5, 0.6) is 11.5 Å². The molecular weight excluding hydrogens is 386 g/mol. The first-order chi connectivity index (χ1) is 13.0. The van der Waals surface area contributed by atoms with E-state index >= 15 is 0 Å². The normalized spacial score (nSPS) is 24.1. The topological polar surface area (TPSA) is 72.9 Å². The van der Waals surface area contributed by atoms with E-state index < -0.39 is 9.84 Å². The maximum Gasteiger partial charge on any atom is 0.233 e. The summed E-state index contributed by atoms with van der Waals surface area (Å²) in [5, 5.41) is 0. The highest BCUT2D eigenvalue weighted by Gasteiger charge is 2.38. The molecule has 0 spiro atoms. The minimum atomic E-state index is -3.01. The van der Waals surface area contributed by atoms with Gasteiger partial charge in [0, 0.05) is 17.0 Å². The third kappa shape index (κ3) is 4.37. The molecule has 0 bridgehead atoms. The number of nitrogens with zero attached hydrogens (tertiary/aromatic N) is 1. The van der Waals surface area contributed by atoms with E-state index in [4.69, 9.17) is 9.47 Å². The molecule has 1 aromatic rings. The second kappa shape index (κ2) is 7.91. The predicted molar refractivity (Wildman–Crippen MR) is 104 cm³/mol. The Balaban J connectivity index is 1.44. The van der Waals surface area contributed by atoms with Crippen LogP contribution >= 0.6 is 11.8 Å². The van der Waals surface area contributed by atoms with Crippen LogP contribution in [0.1, 0.15) is 32.1 Å². The van der Waals surface area contributed by atoms with Crippen molar-refractivity contribution < 1.29 is 22.7 Å². The van der Waals surface area contributed by atoms with E-state index in [-0.39, 0.29) is 29.5 Å². The first-order valence-electron chi connectivity index (χ1n) is 9.56. The fraction of sp³-hybridized carbons (Fsp3) is 0.632. The molecule has 2 fully saturated rings. The standard InChI is InChI=1S/C19H25NO5S2/c21-19(12-26-16-5-6-17-18(11-16)25-9-8-24-17)20(14-3-1-2-4-14)15-7-10-27(22,23)13-15/h5-6,11,14-15H,1-4,7-10,12-13H2/t15-/m1/s1. The molecule has 1 saturated heterocycles. The van der Waals surface area contributed by atoms with Crippen LogP contribution in [0, 0.1) is 0 Å². The minimum absolute atomic E-state index is 0.0453. The summed E-state index contributed by atoms with van der Waals surface area (Å²) in [6.07, 6.45) is 4.76. The highest BCUT2D eigenvalue weighted by atomic mass is 32.2. The molecule has 1 aliphatic carbocycles. The molecule has 27 heavy (non-hydrogen) atoms. The number of ether oxygens (including phenoxy) is 2. The van der Waals surface area contributed by atoms with Crippen LogP contribution in [-0.2, 0) is 14.6 Å². The Hall–Kier alpha value is -1.41. The van der Waals surface area contributed by atoms with Gasteiger partial charge in [-0.25, -0.2) is 8.42 Å². The molecule has 1 aromatic carbocycles. The van der Waals surface area contributed by atoms with Gasteiger partial charge in [0.2, 0.25) is 5.91 Å². The zero-order valence-corrected chi connectivity index (χ0v) is 16.9. The summed E-state index contributed by atoms with van der Waals surface area (Å²) in [5.74, 6) is 2.12. The number of hydrogen-bond acceptors (Lipinski definition) is 6. The Labute approximate surface area is 164 Å². The van der Waals surface area contributed by atoms with Crippen molar-refractivity contribution in [3.05, 3.63) is 18.2 Å². The van der Waals surface area contributed by atoms with E-state index in [1.54, 1.807) is 0 Å². The van der Waals surface area contributed by atoms with Crippen molar-refractivity contribution in [1.29, 1.82) is 0 Å². The molecule has 2 aliphatic heterocycles. The third-order valence-electron chi connectivity index (χ3n) is 5.48. The summed E-state index contributed by atoms with van der Waals surface area (Å²) in [6.45, 7) is 1.09. The van der Waals surface area contributed by atoms with Gasteiger partial charge < -0.3 is 14.4 Å². The van der Waals surface area contributed by atoms with Crippen molar-refractivity contribution in [2.24, 2.45) is 0 Å². The quantitative estimate of drug-likeness (QED) is 0.693. The summed E-state index contributed by atoms with van der Waals surface area (Å²) < 4.78 is 35.0. The largest absolute Gasteiger partial charge is 0.486 e. The highest BCUT2D eigenvalue weighted by Crippen LogP contribution is 2.35. The van der Waals surface area contributed by atoms with E-state index in [0.717, 1.165) is 36.3 Å². The second-order valence-corrected chi connectivity index (χ2v) is 10.7. The SMILES string of the molecule is O=C(CSc1ccc2c(c1)OCCO2)N(C1CCCC1)[C@@H]1CCS(=O)(=O)C1. The van der Waals surface area contributed by atoms with Crippen molar-refractivity contribution >= 4 is 27.5 Å². The predicted octanol–water partition coefficient (Wildman–Crippen LogP) is 2.51. The Bertz CT molecular complexity index is 804. The molecule has 8 heteroatoms. The van der Waals surface area contributed by atoms with Crippen LogP contribution in [0.15, 0.2) is 23.1 Å². The van der Waals surface area contributed by atoms with E-state index in [1.165, 1.54) is 11.8 Å². The van der Waals surface area contributed by atoms with Crippen LogP contribution in [0.3, 0.4) is 0 Å². The van der Waals surface area contributed by atoms with Crippen LogP contribution in [0.2, 0.25) is 0 Å². The lowest BCUT2D eigenvalue weighted by atomic mass is 10.1. The van der Waals surface area contributed by atoms with Gasteiger partial charge in [-0.15, -0.1) is 11.8 Å². The van der Waals surface area contributed by atoms with E-state index in [2.05, 4.69) is 0 Å². The number of amides is 1. The van der Waals surface area contributed by atoms with Crippen LogP contribution in [0.25, 0.3) is 0 Å². The van der Waals surface area contributed by atoms with Gasteiger partial charge in [0.05, 0.1) is 17.3 Å². The molecule has 6 nitrogen and oxygen atoms in total. The van der Waals surface area contributed by atoms with Gasteiger partial charge in [0.25, 0.3) is 0 Å². The molecule has 148 valence electrons. The number of benzene rings is 1. The lowest BCUT2D eigenvalue weighted by molar-refractivity contribution is -0.132. The Morgan fingerprint density at radius 2 is 1.81 bits per heavy atom. The molecule has 1 amide bonds. The maximum atomic E-state index is 13.0. The number of carbonyl (C=O) groups is 1. The van der Waals surface area contributed by atoms with Gasteiger partial charge in [-0.05, 0) is 37.5 Å². The molecule has 0 radical (unpaired) electrons. The highest BCUT2D eigenvalue weighted by molar-refractivity contribution is 8.00. The number of fused-ring (bicyclic) bond motifs is 1. The lowest BCUT2D eigenvalue weighted by Crippen LogP contribution is -2.47. The van der Waals surface area contributed by atoms with Crippen molar-refractivity contribution in [2.75, 3.05) is 30.5 Å². The number of rotatable bonds is 5. The zero-order valence-electron chi connectivity index (χ0n) is 15.3. The number of sulfone groups is 1. The van der Waals surface area contributed by atoms with Crippen molar-refractivity contribution in [1.82, 2.24) is 4.90 Å². The first-order valence-corrected chi connectivity index (χ1v) is 12.4. The molecular formula is C19H25NO5S2. The van der Waals surface area contributed by atoms with Crippen molar-refractivity contribution in [2.45, 2.75) is 49.1 Å². The molecule has 0 N–H and O–H groups in total. The average Bonchev–Trinajstić information content (AvgIpc) is 3.30. The van der Waals surface area contributed by atoms with Crippen molar-refractivity contribution in [3.63, 3.8) is 0 Å². The molecule has 1 atom stereocenters. The summed E-state index contributed by atoms with van der Waals surface area (Å²) >= 11 is 1.47. The fourth-order valence-corrected chi connectivity index (χ4v) is 6.72. The Morgan fingerprint density at radius 3 is 2.52 bits per heavy atom. The van der Waals surface area contributed by atoms with Gasteiger partial charge >= 0.3 is 0 Å². The van der Waals surface area contributed by atoms with Gasteiger partial charge in [-0.2, -0.15) is 0 Å². The van der Waals surface area contributed by atoms with Gasteiger partial charge in [0.1, 0.15) is 13.2 Å². The minimum Gasteiger partial charge on any atom is -0.486 e. The monoisotopic (exact) mass is 411 g/mol. The van der Waals surface area contributed by atoms with E-state index in [9.17, 15) is 13.2 Å². The Kier molecular flexibility index (Phi) is 5.55. The number of hydrogen-bond donors (Lipinski definition) is 0. The van der Waals surface area contributed by atoms with E-state index in [1.807, 2.05) is 23.1 Å². The first kappa shape index (κ1) is 18.9. The van der Waals surface area contributed by atoms with Gasteiger partial charge in [-0.1, -0.05) is 12.8 Å². The summed E-state index contributed by atoms with van der Waals surface area (Å²) in [6, 6.07) is 5.75. The third-order valence-corrected chi connectivity index (χ3v) is 8.21. The molecule has 2 heterocycles. The van der Waals surface area contributed by atoms with Crippen LogP contribution in [-0.4, -0.2) is 61.8 Å². The van der Waals surface area contributed by atoms with Crippen molar-refractivity contribution in [3.8, 4) is 11.5 Å². The lowest BCUT2D eigenvalue weighted by Gasteiger charge is -2.34. The van der Waals surface area contributed by atoms with E-state index in [0.29, 0.717) is 31.1 Å². The second-order valence-electron chi connectivity index (χ2n) is 7.39. The van der Waals surface area contributed by atoms with Gasteiger partial charge in [-0.3, -0.25) is 4.79 Å². The number of thioether (sulfide) groups is 1. The van der Waals surface area contributed by atoms with Crippen LogP contribution < -0.4 is 9.47 Å². The fourth-order valence-electron chi connectivity index (χ4n) is 4.22. The maximum absolute atomic E-state index is 13.0. The Morgan fingerprint density at radius 1 is 1.07 bits per heavy atom. The summed E-state index contributed by atoms with van der Waals surface area (Å²) in [7, 11) is -3.01. The molecule has 0 unspecified atom stereocenters.